The average Bonchev–Trinajstić information content (AvgIpc) is 3.26. The van der Waals surface area contributed by atoms with E-state index in [4.69, 9.17) is 10.5 Å². The summed E-state index contributed by atoms with van der Waals surface area (Å²) in [4.78, 5) is 14.4. The number of nitrogens with zero attached hydrogens (tertiary/aromatic N) is 4. The Kier molecular flexibility index (Phi) is 5.83. The number of aromatic amines is 1. The molecule has 2 aromatic carbocycles. The van der Waals surface area contributed by atoms with Crippen molar-refractivity contribution in [3.05, 3.63) is 59.4 Å². The number of nitriles is 1. The fourth-order valence-corrected chi connectivity index (χ4v) is 4.69. The molecule has 4 aromatic rings. The number of nitrogens with one attached hydrogen (secondary N) is 1. The van der Waals surface area contributed by atoms with Crippen molar-refractivity contribution in [3.63, 3.8) is 0 Å². The highest BCUT2D eigenvalue weighted by atomic mass is 19.1. The lowest BCUT2D eigenvalue weighted by molar-refractivity contribution is 0.416. The van der Waals surface area contributed by atoms with Gasteiger partial charge in [0.25, 0.3) is 0 Å². The normalized spacial score (nSPS) is 14.3. The molecule has 1 aliphatic heterocycles. The van der Waals surface area contributed by atoms with Crippen molar-refractivity contribution >= 4 is 16.7 Å². The Morgan fingerprint density at radius 3 is 2.57 bits per heavy atom. The molecule has 178 valence electrons. The van der Waals surface area contributed by atoms with Gasteiger partial charge in [0.2, 0.25) is 0 Å². The summed E-state index contributed by atoms with van der Waals surface area (Å²) in [7, 11) is 1.45. The number of H-pyrrole nitrogens is 1. The van der Waals surface area contributed by atoms with Crippen LogP contribution in [-0.2, 0) is 0 Å². The highest BCUT2D eigenvalue weighted by molar-refractivity contribution is 5.94. The first kappa shape index (κ1) is 22.7. The predicted octanol–water partition coefficient (Wildman–Crippen LogP) is 4.69. The first-order chi connectivity index (χ1) is 16.9. The number of ether oxygens (including phenoxy) is 1. The molecule has 2 aromatic heterocycles. The Bertz CT molecular complexity index is 1450. The van der Waals surface area contributed by atoms with Crippen LogP contribution in [0.3, 0.4) is 0 Å². The molecule has 35 heavy (non-hydrogen) atoms. The maximum Gasteiger partial charge on any atom is 0.153 e. The number of benzene rings is 2. The van der Waals surface area contributed by atoms with Crippen molar-refractivity contribution < 1.29 is 13.5 Å². The molecular weight excluding hydrogens is 450 g/mol. The molecule has 1 aliphatic rings. The van der Waals surface area contributed by atoms with Gasteiger partial charge in [0, 0.05) is 43.0 Å². The number of pyridine rings is 1. The third-order valence-electron chi connectivity index (χ3n) is 6.34. The predicted molar refractivity (Wildman–Crippen MR) is 130 cm³/mol. The zero-order valence-electron chi connectivity index (χ0n) is 19.4. The lowest BCUT2D eigenvalue weighted by atomic mass is 9.96. The van der Waals surface area contributed by atoms with Crippen molar-refractivity contribution in [3.8, 4) is 34.3 Å². The monoisotopic (exact) mass is 474 g/mol. The fraction of sp³-hybridized carbons (Fsp3) is 0.269. The van der Waals surface area contributed by atoms with Crippen LogP contribution in [0.5, 0.6) is 5.75 Å². The van der Waals surface area contributed by atoms with Crippen LogP contribution < -0.4 is 15.4 Å². The molecule has 7 nitrogen and oxygen atoms in total. The highest BCUT2D eigenvalue weighted by Gasteiger charge is 2.28. The van der Waals surface area contributed by atoms with Crippen molar-refractivity contribution in [1.82, 2.24) is 15.0 Å². The number of imidazole rings is 1. The first-order valence-corrected chi connectivity index (χ1v) is 11.3. The van der Waals surface area contributed by atoms with Crippen LogP contribution in [0.25, 0.3) is 33.5 Å². The summed E-state index contributed by atoms with van der Waals surface area (Å²) in [6, 6.07) is 9.62. The van der Waals surface area contributed by atoms with Gasteiger partial charge < -0.3 is 20.4 Å². The fourth-order valence-electron chi connectivity index (χ4n) is 4.69. The van der Waals surface area contributed by atoms with E-state index in [2.05, 4.69) is 25.9 Å². The summed E-state index contributed by atoms with van der Waals surface area (Å²) < 4.78 is 33.9. The number of hydrogen-bond donors (Lipinski definition) is 2. The number of rotatable bonds is 4. The minimum Gasteiger partial charge on any atom is -0.494 e. The van der Waals surface area contributed by atoms with E-state index in [9.17, 15) is 14.0 Å². The number of fused-ring (bicyclic) bond motifs is 1. The minimum absolute atomic E-state index is 0.0882. The van der Waals surface area contributed by atoms with Gasteiger partial charge in [0.15, 0.2) is 5.69 Å². The van der Waals surface area contributed by atoms with Crippen LogP contribution in [0.2, 0.25) is 0 Å². The van der Waals surface area contributed by atoms with E-state index in [-0.39, 0.29) is 17.6 Å². The lowest BCUT2D eigenvalue weighted by Gasteiger charge is -2.34. The number of nitrogens with two attached hydrogens (primary N) is 1. The van der Waals surface area contributed by atoms with Gasteiger partial charge in [-0.1, -0.05) is 6.07 Å². The molecule has 0 saturated carbocycles. The summed E-state index contributed by atoms with van der Waals surface area (Å²) in [6.45, 7) is 3.13. The first-order valence-electron chi connectivity index (χ1n) is 11.3. The molecule has 0 bridgehead atoms. The molecule has 3 heterocycles. The molecule has 0 radical (unpaired) electrons. The quantitative estimate of drug-likeness (QED) is 0.445. The molecule has 9 heteroatoms. The maximum atomic E-state index is 14.4. The van der Waals surface area contributed by atoms with E-state index in [0.29, 0.717) is 58.1 Å². The van der Waals surface area contributed by atoms with Gasteiger partial charge in [0.1, 0.15) is 34.8 Å². The third-order valence-corrected chi connectivity index (χ3v) is 6.34. The number of piperidine rings is 1. The molecular formula is C26H24F2N6O. The highest BCUT2D eigenvalue weighted by Crippen LogP contribution is 2.42. The van der Waals surface area contributed by atoms with Gasteiger partial charge in [-0.3, -0.25) is 0 Å². The molecule has 5 rings (SSSR count). The number of methoxy groups -OCH3 is 1. The van der Waals surface area contributed by atoms with Crippen molar-refractivity contribution in [2.75, 3.05) is 25.1 Å². The second kappa shape index (κ2) is 8.96. The number of aromatic nitrogens is 3. The van der Waals surface area contributed by atoms with Gasteiger partial charge in [0.05, 0.1) is 23.9 Å². The molecule has 0 amide bonds. The molecule has 1 saturated heterocycles. The van der Waals surface area contributed by atoms with Gasteiger partial charge in [-0.05, 0) is 43.0 Å². The van der Waals surface area contributed by atoms with Crippen LogP contribution in [-0.4, -0.2) is 41.2 Å². The number of halogens is 2. The molecule has 0 spiro atoms. The van der Waals surface area contributed by atoms with Gasteiger partial charge in [-0.15, -0.1) is 0 Å². The van der Waals surface area contributed by atoms with E-state index < -0.39 is 5.82 Å². The summed E-state index contributed by atoms with van der Waals surface area (Å²) >= 11 is 0. The van der Waals surface area contributed by atoms with E-state index in [1.54, 1.807) is 6.20 Å². The second-order valence-corrected chi connectivity index (χ2v) is 8.79. The van der Waals surface area contributed by atoms with E-state index in [1.807, 2.05) is 13.0 Å². The smallest absolute Gasteiger partial charge is 0.153 e. The lowest BCUT2D eigenvalue weighted by Crippen LogP contribution is -2.40. The zero-order chi connectivity index (χ0) is 24.7. The van der Waals surface area contributed by atoms with Crippen LogP contribution in [0, 0.1) is 29.9 Å². The number of hydrogen-bond acceptors (Lipinski definition) is 6. The minimum atomic E-state index is -0.486. The molecule has 3 N–H and O–H groups in total. The number of aryl methyl sites for hydroxylation is 1. The van der Waals surface area contributed by atoms with Crippen LogP contribution in [0.1, 0.15) is 24.1 Å². The molecule has 1 fully saturated rings. The summed E-state index contributed by atoms with van der Waals surface area (Å²) in [6.07, 6.45) is 3.14. The van der Waals surface area contributed by atoms with Crippen LogP contribution in [0.4, 0.5) is 14.5 Å². The SMILES string of the molecule is COc1cc(F)cc2nc(-c3c(C#N)ncc(-c4cc(C)cc(F)c4)c3N3CCC(N)CC3)[nH]c12. The Balaban J connectivity index is 1.81. The van der Waals surface area contributed by atoms with Crippen molar-refractivity contribution in [2.45, 2.75) is 25.8 Å². The standard InChI is InChI=1S/C26H24F2N6O/c1-14-7-15(9-16(27)8-14)19-13-31-21(12-29)23(25(19)34-5-3-18(30)4-6-34)26-32-20-10-17(28)11-22(35-2)24(20)33-26/h7-11,13,18H,3-6,30H2,1-2H3,(H,32,33). The van der Waals surface area contributed by atoms with Crippen LogP contribution >= 0.6 is 0 Å². The summed E-state index contributed by atoms with van der Waals surface area (Å²) in [5.74, 6) is -0.192. The molecule has 0 atom stereocenters. The van der Waals surface area contributed by atoms with Gasteiger partial charge in [-0.2, -0.15) is 5.26 Å². The largest absolute Gasteiger partial charge is 0.494 e. The molecule has 0 unspecified atom stereocenters. The zero-order valence-corrected chi connectivity index (χ0v) is 19.4. The third kappa shape index (κ3) is 4.17. The van der Waals surface area contributed by atoms with Crippen molar-refractivity contribution in [2.24, 2.45) is 5.73 Å². The molecule has 0 aliphatic carbocycles. The number of anilines is 1. The summed E-state index contributed by atoms with van der Waals surface area (Å²) in [5, 5.41) is 9.98. The average molecular weight is 475 g/mol. The topological polar surface area (TPSA) is 104 Å². The van der Waals surface area contributed by atoms with Gasteiger partial charge in [-0.25, -0.2) is 18.7 Å². The maximum absolute atomic E-state index is 14.4. The Morgan fingerprint density at radius 2 is 1.89 bits per heavy atom. The van der Waals surface area contributed by atoms with E-state index in [0.717, 1.165) is 18.4 Å². The Morgan fingerprint density at radius 1 is 1.14 bits per heavy atom. The van der Waals surface area contributed by atoms with Crippen molar-refractivity contribution in [1.29, 1.82) is 5.26 Å². The van der Waals surface area contributed by atoms with E-state index in [1.165, 1.54) is 31.4 Å². The summed E-state index contributed by atoms with van der Waals surface area (Å²) in [5.41, 5.74) is 10.5. The second-order valence-electron chi connectivity index (χ2n) is 8.79. The van der Waals surface area contributed by atoms with E-state index >= 15 is 0 Å². The van der Waals surface area contributed by atoms with Gasteiger partial charge >= 0.3 is 0 Å². The Labute approximate surface area is 201 Å². The Hall–Kier alpha value is -4.03. The van der Waals surface area contributed by atoms with Crippen LogP contribution in [0.15, 0.2) is 36.5 Å².